The second-order valence-corrected chi connectivity index (χ2v) is 7.33. The maximum absolute atomic E-state index is 10.8. The Labute approximate surface area is 157 Å². The fraction of sp³-hybridized carbons (Fsp3) is 0.333. The molecule has 5 nitrogen and oxygen atoms in total. The lowest BCUT2D eigenvalue weighted by molar-refractivity contribution is 0.182. The molecule has 0 fully saturated rings. The van der Waals surface area contributed by atoms with Crippen molar-refractivity contribution in [2.75, 3.05) is 0 Å². The van der Waals surface area contributed by atoms with Gasteiger partial charge in [-0.25, -0.2) is 4.79 Å². The number of hydrogen-bond donors (Lipinski definition) is 3. The Hall–Kier alpha value is -1.82. The van der Waals surface area contributed by atoms with Gasteiger partial charge >= 0.3 is 6.09 Å². The first-order valence-electron chi connectivity index (χ1n) is 7.85. The van der Waals surface area contributed by atoms with Crippen molar-refractivity contribution in [2.24, 2.45) is 0 Å². The van der Waals surface area contributed by atoms with Crippen LogP contribution in [-0.2, 0) is 19.5 Å². The number of pyridine rings is 1. The number of carbonyl (C=O) groups is 1. The quantitative estimate of drug-likeness (QED) is 0.669. The van der Waals surface area contributed by atoms with Crippen molar-refractivity contribution >= 4 is 29.3 Å². The smallest absolute Gasteiger partial charge is 0.405 e. The van der Waals surface area contributed by atoms with Crippen LogP contribution in [0.1, 0.15) is 30.7 Å². The summed E-state index contributed by atoms with van der Waals surface area (Å²) in [6, 6.07) is 9.33. The molecule has 0 saturated heterocycles. The van der Waals surface area contributed by atoms with Crippen molar-refractivity contribution in [3.05, 3.63) is 63.4 Å². The number of halogens is 2. The van der Waals surface area contributed by atoms with Gasteiger partial charge in [-0.05, 0) is 43.2 Å². The van der Waals surface area contributed by atoms with Gasteiger partial charge in [0.25, 0.3) is 0 Å². The molecular weight excluding hydrogens is 361 g/mol. The van der Waals surface area contributed by atoms with E-state index in [1.807, 2.05) is 38.1 Å². The summed E-state index contributed by atoms with van der Waals surface area (Å²) >= 11 is 12.0. The van der Waals surface area contributed by atoms with Crippen LogP contribution < -0.4 is 10.6 Å². The molecule has 134 valence electrons. The zero-order chi connectivity index (χ0) is 18.4. The minimum Gasteiger partial charge on any atom is -0.465 e. The zero-order valence-corrected chi connectivity index (χ0v) is 15.7. The van der Waals surface area contributed by atoms with Crippen LogP contribution in [0, 0.1) is 0 Å². The summed E-state index contributed by atoms with van der Waals surface area (Å²) < 4.78 is 0. The van der Waals surface area contributed by atoms with Crippen molar-refractivity contribution in [1.82, 2.24) is 15.6 Å². The molecule has 0 atom stereocenters. The summed E-state index contributed by atoms with van der Waals surface area (Å²) in [6.45, 7) is 4.94. The lowest BCUT2D eigenvalue weighted by Gasteiger charge is -2.24. The summed E-state index contributed by atoms with van der Waals surface area (Å²) in [6.07, 6.45) is 1.28. The number of amides is 1. The molecule has 0 unspecified atom stereocenters. The van der Waals surface area contributed by atoms with Crippen LogP contribution in [0.15, 0.2) is 36.5 Å². The Bertz CT molecular complexity index is 734. The van der Waals surface area contributed by atoms with Crippen molar-refractivity contribution in [3.63, 3.8) is 0 Å². The number of nitrogens with one attached hydrogen (secondary N) is 2. The predicted molar refractivity (Wildman–Crippen MR) is 100 cm³/mol. The third-order valence-electron chi connectivity index (χ3n) is 3.61. The fourth-order valence-electron chi connectivity index (χ4n) is 2.46. The molecule has 1 aromatic heterocycles. The number of rotatable bonds is 7. The Morgan fingerprint density at radius 2 is 1.96 bits per heavy atom. The maximum Gasteiger partial charge on any atom is 0.405 e. The highest BCUT2D eigenvalue weighted by Crippen LogP contribution is 2.20. The minimum absolute atomic E-state index is 0.521. The first-order chi connectivity index (χ1) is 11.7. The predicted octanol–water partition coefficient (Wildman–Crippen LogP) is 4.27. The van der Waals surface area contributed by atoms with E-state index in [9.17, 15) is 4.79 Å². The van der Waals surface area contributed by atoms with Gasteiger partial charge in [-0.1, -0.05) is 35.3 Å². The van der Waals surface area contributed by atoms with Crippen LogP contribution in [0.4, 0.5) is 4.79 Å². The monoisotopic (exact) mass is 381 g/mol. The van der Waals surface area contributed by atoms with E-state index in [4.69, 9.17) is 28.3 Å². The van der Waals surface area contributed by atoms with Gasteiger partial charge < -0.3 is 15.7 Å². The van der Waals surface area contributed by atoms with Gasteiger partial charge in [0.15, 0.2) is 0 Å². The normalized spacial score (nSPS) is 11.4. The molecule has 25 heavy (non-hydrogen) atoms. The van der Waals surface area contributed by atoms with Crippen LogP contribution in [0.3, 0.4) is 0 Å². The summed E-state index contributed by atoms with van der Waals surface area (Å²) in [7, 11) is 0. The van der Waals surface area contributed by atoms with E-state index >= 15 is 0 Å². The van der Waals surface area contributed by atoms with Gasteiger partial charge in [0.2, 0.25) is 0 Å². The van der Waals surface area contributed by atoms with E-state index in [-0.39, 0.29) is 0 Å². The molecule has 3 N–H and O–H groups in total. The molecule has 1 amide bonds. The lowest BCUT2D eigenvalue weighted by Crippen LogP contribution is -2.44. The highest BCUT2D eigenvalue weighted by molar-refractivity contribution is 6.35. The van der Waals surface area contributed by atoms with E-state index < -0.39 is 11.6 Å². The molecule has 0 spiro atoms. The van der Waals surface area contributed by atoms with E-state index in [0.29, 0.717) is 29.6 Å². The van der Waals surface area contributed by atoms with Gasteiger partial charge in [0.1, 0.15) is 0 Å². The van der Waals surface area contributed by atoms with Crippen molar-refractivity contribution < 1.29 is 9.90 Å². The molecule has 0 saturated carbocycles. The number of hydrogen-bond acceptors (Lipinski definition) is 3. The fourth-order valence-corrected chi connectivity index (χ4v) is 2.93. The summed E-state index contributed by atoms with van der Waals surface area (Å²) in [5.41, 5.74) is 2.29. The van der Waals surface area contributed by atoms with Gasteiger partial charge in [0.05, 0.1) is 0 Å². The molecule has 2 rings (SSSR count). The topological polar surface area (TPSA) is 74.2 Å². The van der Waals surface area contributed by atoms with Gasteiger partial charge in [-0.15, -0.1) is 0 Å². The van der Waals surface area contributed by atoms with Crippen LogP contribution in [0.5, 0.6) is 0 Å². The number of aromatic nitrogens is 1. The standard InChI is InChI=1S/C18H21Cl2N3O2/c1-18(2,23-17(24)25)8-15-6-3-12(10-22-15)9-21-11-13-4-5-14(19)7-16(13)20/h3-7,10,21,23H,8-9,11H2,1-2H3,(H,24,25). The van der Waals surface area contributed by atoms with E-state index in [0.717, 1.165) is 16.8 Å². The molecule has 0 aliphatic heterocycles. The van der Waals surface area contributed by atoms with Gasteiger partial charge in [0, 0.05) is 47.0 Å². The Morgan fingerprint density at radius 3 is 2.56 bits per heavy atom. The first kappa shape index (κ1) is 19.5. The van der Waals surface area contributed by atoms with E-state index in [1.54, 1.807) is 12.3 Å². The van der Waals surface area contributed by atoms with Gasteiger partial charge in [-0.2, -0.15) is 0 Å². The number of benzene rings is 1. The summed E-state index contributed by atoms with van der Waals surface area (Å²) in [5, 5.41) is 15.9. The third kappa shape index (κ3) is 6.53. The Morgan fingerprint density at radius 1 is 1.20 bits per heavy atom. The van der Waals surface area contributed by atoms with Crippen molar-refractivity contribution in [1.29, 1.82) is 0 Å². The molecule has 0 radical (unpaired) electrons. The highest BCUT2D eigenvalue weighted by Gasteiger charge is 2.21. The summed E-state index contributed by atoms with van der Waals surface area (Å²) in [4.78, 5) is 15.2. The number of nitrogens with zero attached hydrogens (tertiary/aromatic N) is 1. The molecule has 7 heteroatoms. The largest absolute Gasteiger partial charge is 0.465 e. The molecule has 0 aliphatic rings. The molecule has 0 bridgehead atoms. The molecule has 0 aliphatic carbocycles. The van der Waals surface area contributed by atoms with Crippen molar-refractivity contribution in [3.8, 4) is 0 Å². The van der Waals surface area contributed by atoms with Crippen LogP contribution in [0.2, 0.25) is 10.0 Å². The van der Waals surface area contributed by atoms with Crippen LogP contribution in [0.25, 0.3) is 0 Å². The van der Waals surface area contributed by atoms with Crippen LogP contribution in [-0.4, -0.2) is 21.7 Å². The SMILES string of the molecule is CC(C)(Cc1ccc(CNCc2ccc(Cl)cc2Cl)cn1)NC(=O)O. The molecular formula is C18H21Cl2N3O2. The highest BCUT2D eigenvalue weighted by atomic mass is 35.5. The molecule has 1 aromatic carbocycles. The molecule has 1 heterocycles. The third-order valence-corrected chi connectivity index (χ3v) is 4.20. The van der Waals surface area contributed by atoms with Crippen molar-refractivity contribution in [2.45, 2.75) is 38.9 Å². The minimum atomic E-state index is -1.04. The average Bonchev–Trinajstić information content (AvgIpc) is 2.49. The van der Waals surface area contributed by atoms with Gasteiger partial charge in [-0.3, -0.25) is 4.98 Å². The molecule has 2 aromatic rings. The van der Waals surface area contributed by atoms with E-state index in [2.05, 4.69) is 15.6 Å². The zero-order valence-electron chi connectivity index (χ0n) is 14.1. The van der Waals surface area contributed by atoms with E-state index in [1.165, 1.54) is 0 Å². The first-order valence-corrected chi connectivity index (χ1v) is 8.60. The lowest BCUT2D eigenvalue weighted by atomic mass is 9.98. The second-order valence-electron chi connectivity index (χ2n) is 6.49. The average molecular weight is 382 g/mol. The second kappa shape index (κ2) is 8.52. The number of carboxylic acid groups (broad SMARTS) is 1. The van der Waals surface area contributed by atoms with Crippen LogP contribution >= 0.6 is 23.2 Å². The maximum atomic E-state index is 10.8. The summed E-state index contributed by atoms with van der Waals surface area (Å²) in [5.74, 6) is 0. The Kier molecular flexibility index (Phi) is 6.64. The Balaban J connectivity index is 1.87.